The Balaban J connectivity index is 1.51. The van der Waals surface area contributed by atoms with Gasteiger partial charge in [-0.2, -0.15) is 0 Å². The molecule has 0 aliphatic carbocycles. The highest BCUT2D eigenvalue weighted by atomic mass is 16.2. The fraction of sp³-hybridized carbons (Fsp3) is 0.286. The third-order valence-electron chi connectivity index (χ3n) is 4.48. The zero-order chi connectivity index (χ0) is 19.9. The van der Waals surface area contributed by atoms with Gasteiger partial charge in [0.15, 0.2) is 0 Å². The standard InChI is InChI=1S/C21H24N4O3/c1-15(26)23-19-6-4-5-16(13-19)14-22-21(28)24-18-9-7-17(8-10-18)20(27)25-11-2-3-12-25/h4-10,13H,2-3,11-12,14H2,1H3,(H,23,26)(H2,22,24,28). The van der Waals surface area contributed by atoms with E-state index in [1.54, 1.807) is 36.4 Å². The number of carbonyl (C=O) groups is 3. The number of rotatable bonds is 5. The van der Waals surface area contributed by atoms with Gasteiger partial charge in [-0.05, 0) is 54.8 Å². The van der Waals surface area contributed by atoms with Crippen LogP contribution in [0, 0.1) is 0 Å². The summed E-state index contributed by atoms with van der Waals surface area (Å²) in [4.78, 5) is 37.4. The van der Waals surface area contributed by atoms with Crippen molar-refractivity contribution < 1.29 is 14.4 Å². The molecule has 2 aromatic rings. The topological polar surface area (TPSA) is 90.5 Å². The number of benzene rings is 2. The van der Waals surface area contributed by atoms with Crippen molar-refractivity contribution >= 4 is 29.2 Å². The number of hydrogen-bond acceptors (Lipinski definition) is 3. The molecule has 0 saturated carbocycles. The van der Waals surface area contributed by atoms with Crippen molar-refractivity contribution in [1.29, 1.82) is 0 Å². The van der Waals surface area contributed by atoms with E-state index in [1.165, 1.54) is 6.92 Å². The molecule has 1 aliphatic heterocycles. The van der Waals surface area contributed by atoms with Gasteiger partial charge in [-0.3, -0.25) is 9.59 Å². The predicted molar refractivity (Wildman–Crippen MR) is 108 cm³/mol. The van der Waals surface area contributed by atoms with Gasteiger partial charge < -0.3 is 20.9 Å². The Morgan fingerprint density at radius 1 is 0.929 bits per heavy atom. The lowest BCUT2D eigenvalue weighted by molar-refractivity contribution is -0.114. The molecule has 1 fully saturated rings. The average Bonchev–Trinajstić information content (AvgIpc) is 3.21. The van der Waals surface area contributed by atoms with Gasteiger partial charge in [0.1, 0.15) is 0 Å². The van der Waals surface area contributed by atoms with Crippen LogP contribution in [0.25, 0.3) is 0 Å². The number of anilines is 2. The van der Waals surface area contributed by atoms with Crippen molar-refractivity contribution in [3.8, 4) is 0 Å². The maximum Gasteiger partial charge on any atom is 0.319 e. The third-order valence-corrected chi connectivity index (χ3v) is 4.48. The number of nitrogens with zero attached hydrogens (tertiary/aromatic N) is 1. The molecular weight excluding hydrogens is 356 g/mol. The largest absolute Gasteiger partial charge is 0.339 e. The molecule has 0 unspecified atom stereocenters. The van der Waals surface area contributed by atoms with Gasteiger partial charge in [-0.1, -0.05) is 12.1 Å². The Kier molecular flexibility index (Phi) is 6.26. The molecular formula is C21H24N4O3. The van der Waals surface area contributed by atoms with Gasteiger partial charge in [0, 0.05) is 43.5 Å². The van der Waals surface area contributed by atoms with E-state index in [1.807, 2.05) is 17.0 Å². The summed E-state index contributed by atoms with van der Waals surface area (Å²) < 4.78 is 0. The second-order valence-corrected chi connectivity index (χ2v) is 6.77. The first-order valence-corrected chi connectivity index (χ1v) is 9.32. The van der Waals surface area contributed by atoms with Crippen LogP contribution < -0.4 is 16.0 Å². The lowest BCUT2D eigenvalue weighted by Crippen LogP contribution is -2.28. The molecule has 0 spiro atoms. The van der Waals surface area contributed by atoms with Crippen LogP contribution in [0.4, 0.5) is 16.2 Å². The van der Waals surface area contributed by atoms with E-state index in [4.69, 9.17) is 0 Å². The molecule has 2 aromatic carbocycles. The molecule has 0 bridgehead atoms. The highest BCUT2D eigenvalue weighted by Crippen LogP contribution is 2.15. The Hall–Kier alpha value is -3.35. The van der Waals surface area contributed by atoms with Crippen molar-refractivity contribution in [2.75, 3.05) is 23.7 Å². The highest BCUT2D eigenvalue weighted by Gasteiger charge is 2.19. The maximum atomic E-state index is 12.3. The van der Waals surface area contributed by atoms with Gasteiger partial charge in [-0.25, -0.2) is 4.79 Å². The van der Waals surface area contributed by atoms with E-state index in [0.29, 0.717) is 23.5 Å². The lowest BCUT2D eigenvalue weighted by atomic mass is 10.2. The molecule has 0 atom stereocenters. The lowest BCUT2D eigenvalue weighted by Gasteiger charge is -2.15. The first kappa shape index (κ1) is 19.4. The molecule has 7 nitrogen and oxygen atoms in total. The molecule has 1 saturated heterocycles. The number of urea groups is 1. The SMILES string of the molecule is CC(=O)Nc1cccc(CNC(=O)Nc2ccc(C(=O)N3CCCC3)cc2)c1. The summed E-state index contributed by atoms with van der Waals surface area (Å²) >= 11 is 0. The fourth-order valence-electron chi connectivity index (χ4n) is 3.12. The van der Waals surface area contributed by atoms with Crippen molar-refractivity contribution in [3.63, 3.8) is 0 Å². The molecule has 3 N–H and O–H groups in total. The summed E-state index contributed by atoms with van der Waals surface area (Å²) in [7, 11) is 0. The van der Waals surface area contributed by atoms with Gasteiger partial charge in [0.25, 0.3) is 5.91 Å². The summed E-state index contributed by atoms with van der Waals surface area (Å²) in [5.41, 5.74) is 2.79. The maximum absolute atomic E-state index is 12.3. The Bertz CT molecular complexity index is 858. The number of carbonyl (C=O) groups excluding carboxylic acids is 3. The summed E-state index contributed by atoms with van der Waals surface area (Å²) in [5, 5.41) is 8.23. The fourth-order valence-corrected chi connectivity index (χ4v) is 3.12. The van der Waals surface area contributed by atoms with Crippen molar-refractivity contribution in [1.82, 2.24) is 10.2 Å². The van der Waals surface area contributed by atoms with Crippen LogP contribution in [0.15, 0.2) is 48.5 Å². The zero-order valence-corrected chi connectivity index (χ0v) is 15.8. The number of amides is 4. The van der Waals surface area contributed by atoms with Gasteiger partial charge in [-0.15, -0.1) is 0 Å². The molecule has 0 aromatic heterocycles. The zero-order valence-electron chi connectivity index (χ0n) is 15.8. The van der Waals surface area contributed by atoms with Crippen molar-refractivity contribution in [2.45, 2.75) is 26.3 Å². The molecule has 3 rings (SSSR count). The minimum atomic E-state index is -0.344. The van der Waals surface area contributed by atoms with E-state index < -0.39 is 0 Å². The molecule has 1 heterocycles. The molecule has 1 aliphatic rings. The minimum Gasteiger partial charge on any atom is -0.339 e. The van der Waals surface area contributed by atoms with Crippen LogP contribution in [0.2, 0.25) is 0 Å². The smallest absolute Gasteiger partial charge is 0.319 e. The minimum absolute atomic E-state index is 0.0348. The van der Waals surface area contributed by atoms with E-state index in [9.17, 15) is 14.4 Å². The Morgan fingerprint density at radius 3 is 2.32 bits per heavy atom. The van der Waals surface area contributed by atoms with Crippen molar-refractivity contribution in [2.24, 2.45) is 0 Å². The average molecular weight is 380 g/mol. The number of likely N-dealkylation sites (tertiary alicyclic amines) is 1. The molecule has 7 heteroatoms. The molecule has 4 amide bonds. The summed E-state index contributed by atoms with van der Waals surface area (Å²) in [6.07, 6.45) is 2.11. The Morgan fingerprint density at radius 2 is 1.64 bits per heavy atom. The van der Waals surface area contributed by atoms with Crippen LogP contribution in [0.1, 0.15) is 35.7 Å². The third kappa shape index (κ3) is 5.33. The second kappa shape index (κ2) is 9.03. The number of nitrogens with one attached hydrogen (secondary N) is 3. The van der Waals surface area contributed by atoms with E-state index >= 15 is 0 Å². The van der Waals surface area contributed by atoms with Crippen LogP contribution >= 0.6 is 0 Å². The normalized spacial score (nSPS) is 13.1. The van der Waals surface area contributed by atoms with Gasteiger partial charge in [0.05, 0.1) is 0 Å². The van der Waals surface area contributed by atoms with Crippen LogP contribution in [0.5, 0.6) is 0 Å². The number of hydrogen-bond donors (Lipinski definition) is 3. The molecule has 146 valence electrons. The van der Waals surface area contributed by atoms with E-state index in [2.05, 4.69) is 16.0 Å². The first-order chi connectivity index (χ1) is 13.5. The monoisotopic (exact) mass is 380 g/mol. The molecule has 28 heavy (non-hydrogen) atoms. The predicted octanol–water partition coefficient (Wildman–Crippen LogP) is 3.20. The van der Waals surface area contributed by atoms with Gasteiger partial charge in [0.2, 0.25) is 5.91 Å². The van der Waals surface area contributed by atoms with Crippen LogP contribution in [0.3, 0.4) is 0 Å². The summed E-state index contributed by atoms with van der Waals surface area (Å²) in [5.74, 6) is -0.109. The van der Waals surface area contributed by atoms with E-state index in [-0.39, 0.29) is 17.8 Å². The van der Waals surface area contributed by atoms with Gasteiger partial charge >= 0.3 is 6.03 Å². The second-order valence-electron chi connectivity index (χ2n) is 6.77. The summed E-state index contributed by atoms with van der Waals surface area (Å²) in [6.45, 7) is 3.39. The first-order valence-electron chi connectivity index (χ1n) is 9.32. The quantitative estimate of drug-likeness (QED) is 0.744. The molecule has 0 radical (unpaired) electrons. The van der Waals surface area contributed by atoms with Crippen LogP contribution in [-0.2, 0) is 11.3 Å². The van der Waals surface area contributed by atoms with Crippen LogP contribution in [-0.4, -0.2) is 35.8 Å². The van der Waals surface area contributed by atoms with E-state index in [0.717, 1.165) is 31.5 Å². The summed E-state index contributed by atoms with van der Waals surface area (Å²) in [6, 6.07) is 13.8. The highest BCUT2D eigenvalue weighted by molar-refractivity contribution is 5.95. The van der Waals surface area contributed by atoms with Crippen molar-refractivity contribution in [3.05, 3.63) is 59.7 Å². The Labute approximate surface area is 164 Å².